The SMILES string of the molecule is O=C(CN1C(=O)C2CN(Cc3ccc(Cl)s3)CCN2C1=O)N1CCOCC1. The van der Waals surface area contributed by atoms with Crippen LogP contribution in [0.15, 0.2) is 12.1 Å². The van der Waals surface area contributed by atoms with Crippen molar-refractivity contribution in [2.24, 2.45) is 0 Å². The molecule has 146 valence electrons. The van der Waals surface area contributed by atoms with Gasteiger partial charge in [0.15, 0.2) is 0 Å². The van der Waals surface area contributed by atoms with Gasteiger partial charge in [0.25, 0.3) is 5.91 Å². The molecule has 10 heteroatoms. The number of ether oxygens (including phenoxy) is 1. The van der Waals surface area contributed by atoms with Crippen LogP contribution in [0.25, 0.3) is 0 Å². The van der Waals surface area contributed by atoms with Gasteiger partial charge in [0.05, 0.1) is 17.6 Å². The normalized spacial score (nSPS) is 23.9. The van der Waals surface area contributed by atoms with Crippen LogP contribution in [0.3, 0.4) is 0 Å². The predicted molar refractivity (Wildman–Crippen MR) is 99.6 cm³/mol. The monoisotopic (exact) mass is 412 g/mol. The number of fused-ring (bicyclic) bond motifs is 1. The molecule has 3 aliphatic rings. The number of urea groups is 1. The highest BCUT2D eigenvalue weighted by atomic mass is 35.5. The Labute approximate surface area is 166 Å². The predicted octanol–water partition coefficient (Wildman–Crippen LogP) is 0.709. The van der Waals surface area contributed by atoms with Crippen LogP contribution in [0.2, 0.25) is 4.34 Å². The Bertz CT molecular complexity index is 751. The molecule has 27 heavy (non-hydrogen) atoms. The third-order valence-electron chi connectivity index (χ3n) is 5.16. The lowest BCUT2D eigenvalue weighted by atomic mass is 10.2. The summed E-state index contributed by atoms with van der Waals surface area (Å²) in [7, 11) is 0. The molecule has 4 heterocycles. The Morgan fingerprint density at radius 1 is 1.19 bits per heavy atom. The second kappa shape index (κ2) is 7.75. The quantitative estimate of drug-likeness (QED) is 0.681. The molecule has 0 aliphatic carbocycles. The van der Waals surface area contributed by atoms with Gasteiger partial charge in [-0.2, -0.15) is 0 Å². The molecule has 0 aromatic carbocycles. The lowest BCUT2D eigenvalue weighted by molar-refractivity contribution is -0.140. The van der Waals surface area contributed by atoms with Crippen molar-refractivity contribution < 1.29 is 19.1 Å². The third kappa shape index (κ3) is 3.82. The zero-order valence-electron chi connectivity index (χ0n) is 14.8. The first-order valence-electron chi connectivity index (χ1n) is 8.97. The Kier molecular flexibility index (Phi) is 5.36. The van der Waals surface area contributed by atoms with Crippen molar-refractivity contribution >= 4 is 40.8 Å². The maximum absolute atomic E-state index is 12.8. The molecule has 1 aromatic heterocycles. The highest BCUT2D eigenvalue weighted by Crippen LogP contribution is 2.26. The summed E-state index contributed by atoms with van der Waals surface area (Å²) in [6.45, 7) is 4.14. The van der Waals surface area contributed by atoms with Gasteiger partial charge < -0.3 is 14.5 Å². The molecule has 8 nitrogen and oxygen atoms in total. The molecule has 4 amide bonds. The first kappa shape index (κ1) is 18.7. The van der Waals surface area contributed by atoms with Gasteiger partial charge in [0.2, 0.25) is 5.91 Å². The smallest absolute Gasteiger partial charge is 0.328 e. The lowest BCUT2D eigenvalue weighted by Crippen LogP contribution is -2.52. The molecule has 3 fully saturated rings. The molecular weight excluding hydrogens is 392 g/mol. The Morgan fingerprint density at radius 3 is 2.67 bits per heavy atom. The summed E-state index contributed by atoms with van der Waals surface area (Å²) in [6, 6.07) is 2.97. The fourth-order valence-corrected chi connectivity index (χ4v) is 4.83. The van der Waals surface area contributed by atoms with Crippen LogP contribution in [0.4, 0.5) is 4.79 Å². The van der Waals surface area contributed by atoms with E-state index in [0.29, 0.717) is 52.5 Å². The minimum Gasteiger partial charge on any atom is -0.378 e. The standard InChI is InChI=1S/C17H21ClN4O4S/c18-14-2-1-12(27-14)9-19-3-4-21-13(10-19)16(24)22(17(21)25)11-15(23)20-5-7-26-8-6-20/h1-2,13H,3-11H2. The van der Waals surface area contributed by atoms with Crippen LogP contribution in [-0.2, 0) is 20.9 Å². The molecule has 1 atom stereocenters. The van der Waals surface area contributed by atoms with Crippen molar-refractivity contribution in [3.05, 3.63) is 21.3 Å². The van der Waals surface area contributed by atoms with Crippen molar-refractivity contribution in [3.8, 4) is 0 Å². The molecular formula is C17H21ClN4O4S. The number of imide groups is 1. The number of amides is 4. The summed E-state index contributed by atoms with van der Waals surface area (Å²) >= 11 is 7.50. The number of rotatable bonds is 4. The topological polar surface area (TPSA) is 73.4 Å². The molecule has 3 saturated heterocycles. The van der Waals surface area contributed by atoms with Crippen molar-refractivity contribution in [1.82, 2.24) is 19.6 Å². The van der Waals surface area contributed by atoms with Crippen LogP contribution in [0, 0.1) is 0 Å². The van der Waals surface area contributed by atoms with Crippen LogP contribution >= 0.6 is 22.9 Å². The zero-order valence-corrected chi connectivity index (χ0v) is 16.4. The molecule has 0 radical (unpaired) electrons. The van der Waals surface area contributed by atoms with E-state index < -0.39 is 6.04 Å². The minimum atomic E-state index is -0.515. The Hall–Kier alpha value is -1.68. The highest BCUT2D eigenvalue weighted by molar-refractivity contribution is 7.16. The number of piperazine rings is 1. The van der Waals surface area contributed by atoms with E-state index in [1.165, 1.54) is 11.3 Å². The number of thiophene rings is 1. The molecule has 0 N–H and O–H groups in total. The van der Waals surface area contributed by atoms with E-state index in [1.54, 1.807) is 9.80 Å². The highest BCUT2D eigenvalue weighted by Gasteiger charge is 2.48. The second-order valence-corrected chi connectivity index (χ2v) is 8.65. The fourth-order valence-electron chi connectivity index (χ4n) is 3.70. The minimum absolute atomic E-state index is 0.189. The fraction of sp³-hybridized carbons (Fsp3) is 0.588. The van der Waals surface area contributed by atoms with Gasteiger partial charge in [-0.15, -0.1) is 11.3 Å². The van der Waals surface area contributed by atoms with Crippen molar-refractivity contribution in [3.63, 3.8) is 0 Å². The third-order valence-corrected chi connectivity index (χ3v) is 6.37. The van der Waals surface area contributed by atoms with E-state index >= 15 is 0 Å². The van der Waals surface area contributed by atoms with Crippen LogP contribution in [-0.4, -0.2) is 96.0 Å². The first-order valence-corrected chi connectivity index (χ1v) is 10.2. The van der Waals surface area contributed by atoms with E-state index in [4.69, 9.17) is 16.3 Å². The number of halogens is 1. The van der Waals surface area contributed by atoms with Crippen molar-refractivity contribution in [2.45, 2.75) is 12.6 Å². The Morgan fingerprint density at radius 2 is 1.96 bits per heavy atom. The molecule has 3 aliphatic heterocycles. The maximum Gasteiger partial charge on any atom is 0.328 e. The number of carbonyl (C=O) groups is 3. The molecule has 0 bridgehead atoms. The van der Waals surface area contributed by atoms with Crippen LogP contribution < -0.4 is 0 Å². The van der Waals surface area contributed by atoms with Gasteiger partial charge in [-0.1, -0.05) is 11.6 Å². The van der Waals surface area contributed by atoms with Gasteiger partial charge in [0.1, 0.15) is 12.6 Å². The molecule has 0 saturated carbocycles. The number of morpholine rings is 1. The average molecular weight is 413 g/mol. The van der Waals surface area contributed by atoms with Gasteiger partial charge in [-0.25, -0.2) is 4.79 Å². The summed E-state index contributed by atoms with van der Waals surface area (Å²) in [6.07, 6.45) is 0. The van der Waals surface area contributed by atoms with Gasteiger partial charge >= 0.3 is 6.03 Å². The molecule has 1 unspecified atom stereocenters. The van der Waals surface area contributed by atoms with E-state index in [9.17, 15) is 14.4 Å². The van der Waals surface area contributed by atoms with Gasteiger partial charge in [-0.3, -0.25) is 19.4 Å². The largest absolute Gasteiger partial charge is 0.378 e. The van der Waals surface area contributed by atoms with E-state index in [1.807, 2.05) is 12.1 Å². The second-order valence-electron chi connectivity index (χ2n) is 6.85. The van der Waals surface area contributed by atoms with Gasteiger partial charge in [0, 0.05) is 44.1 Å². The van der Waals surface area contributed by atoms with Crippen LogP contribution in [0.1, 0.15) is 4.88 Å². The van der Waals surface area contributed by atoms with Crippen molar-refractivity contribution in [1.29, 1.82) is 0 Å². The molecule has 0 spiro atoms. The summed E-state index contributed by atoms with van der Waals surface area (Å²) in [5.74, 6) is -0.486. The Balaban J connectivity index is 1.39. The maximum atomic E-state index is 12.8. The van der Waals surface area contributed by atoms with Gasteiger partial charge in [-0.05, 0) is 12.1 Å². The van der Waals surface area contributed by atoms with E-state index in [0.717, 1.165) is 14.1 Å². The average Bonchev–Trinajstić information content (AvgIpc) is 3.19. The summed E-state index contributed by atoms with van der Waals surface area (Å²) in [5, 5.41) is 0. The molecule has 4 rings (SSSR count). The summed E-state index contributed by atoms with van der Waals surface area (Å²) < 4.78 is 5.98. The van der Waals surface area contributed by atoms with E-state index in [2.05, 4.69) is 4.90 Å². The number of hydrogen-bond donors (Lipinski definition) is 0. The van der Waals surface area contributed by atoms with Crippen LogP contribution in [0.5, 0.6) is 0 Å². The number of hydrogen-bond acceptors (Lipinski definition) is 6. The first-order chi connectivity index (χ1) is 13.0. The lowest BCUT2D eigenvalue weighted by Gasteiger charge is -2.35. The zero-order chi connectivity index (χ0) is 19.0. The summed E-state index contributed by atoms with van der Waals surface area (Å²) in [5.41, 5.74) is 0. The summed E-state index contributed by atoms with van der Waals surface area (Å²) in [4.78, 5) is 45.5. The number of nitrogens with zero attached hydrogens (tertiary/aromatic N) is 4. The van der Waals surface area contributed by atoms with Crippen molar-refractivity contribution in [2.75, 3.05) is 52.5 Å². The van der Waals surface area contributed by atoms with E-state index in [-0.39, 0.29) is 24.4 Å². The number of carbonyl (C=O) groups excluding carboxylic acids is 3. The molecule has 1 aromatic rings.